The van der Waals surface area contributed by atoms with Crippen LogP contribution in [0.1, 0.15) is 22.8 Å². The summed E-state index contributed by atoms with van der Waals surface area (Å²) in [6.07, 6.45) is 1.36. The molecule has 2 aromatic carbocycles. The van der Waals surface area contributed by atoms with Gasteiger partial charge in [0, 0.05) is 11.3 Å². The van der Waals surface area contributed by atoms with Crippen LogP contribution in [0.15, 0.2) is 59.7 Å². The molecule has 8 nitrogen and oxygen atoms in total. The fourth-order valence-electron chi connectivity index (χ4n) is 3.13. The third-order valence-electron chi connectivity index (χ3n) is 4.77. The Bertz CT molecular complexity index is 1340. The lowest BCUT2D eigenvalue weighted by Crippen LogP contribution is -2.27. The van der Waals surface area contributed by atoms with Gasteiger partial charge in [0.05, 0.1) is 18.5 Å². The topological polar surface area (TPSA) is 103 Å². The number of carbonyl (C=O) groups is 2. The Labute approximate surface area is 187 Å². The molecular weight excluding hydrogens is 428 g/mol. The number of amides is 1. The minimum Gasteiger partial charge on any atom is -0.462 e. The standard InChI is InChI=1S/C23H20N4O4S/c1-3-31-23(30)16-8-10-17(11-9-16)25-18(28)12-27-13-24-20-19(26-32-21(20)22(27)29)15-6-4-14(2)5-7-15/h4-11,13H,3,12H2,1-2H3,(H,25,28). The van der Waals surface area contributed by atoms with Gasteiger partial charge in [-0.2, -0.15) is 4.37 Å². The van der Waals surface area contributed by atoms with E-state index in [0.29, 0.717) is 27.2 Å². The smallest absolute Gasteiger partial charge is 0.338 e. The summed E-state index contributed by atoms with van der Waals surface area (Å²) in [5.41, 5.74) is 3.77. The number of anilines is 1. The Morgan fingerprint density at radius 3 is 2.50 bits per heavy atom. The number of carbonyl (C=O) groups excluding carboxylic acids is 2. The van der Waals surface area contributed by atoms with Crippen molar-refractivity contribution in [2.75, 3.05) is 11.9 Å². The highest BCUT2D eigenvalue weighted by molar-refractivity contribution is 7.13. The van der Waals surface area contributed by atoms with Gasteiger partial charge in [-0.1, -0.05) is 29.8 Å². The van der Waals surface area contributed by atoms with Crippen LogP contribution in [0.3, 0.4) is 0 Å². The molecule has 0 aliphatic heterocycles. The molecule has 2 aromatic heterocycles. The quantitative estimate of drug-likeness (QED) is 0.452. The summed E-state index contributed by atoms with van der Waals surface area (Å²) in [7, 11) is 0. The molecule has 0 spiro atoms. The number of benzene rings is 2. The van der Waals surface area contributed by atoms with E-state index in [1.54, 1.807) is 31.2 Å². The van der Waals surface area contributed by atoms with Gasteiger partial charge >= 0.3 is 5.97 Å². The molecule has 0 saturated heterocycles. The number of fused-ring (bicyclic) bond motifs is 1. The van der Waals surface area contributed by atoms with Crippen molar-refractivity contribution in [3.63, 3.8) is 0 Å². The minimum atomic E-state index is -0.425. The fourth-order valence-corrected chi connectivity index (χ4v) is 3.93. The van der Waals surface area contributed by atoms with E-state index in [0.717, 1.165) is 22.7 Å². The zero-order valence-corrected chi connectivity index (χ0v) is 18.3. The third-order valence-corrected chi connectivity index (χ3v) is 5.59. The first-order chi connectivity index (χ1) is 15.5. The van der Waals surface area contributed by atoms with E-state index in [1.165, 1.54) is 10.9 Å². The molecule has 0 saturated carbocycles. The van der Waals surface area contributed by atoms with Gasteiger partial charge in [0.25, 0.3) is 5.56 Å². The Morgan fingerprint density at radius 1 is 1.09 bits per heavy atom. The van der Waals surface area contributed by atoms with Crippen LogP contribution in [0.2, 0.25) is 0 Å². The molecule has 32 heavy (non-hydrogen) atoms. The van der Waals surface area contributed by atoms with Gasteiger partial charge in [-0.25, -0.2) is 9.78 Å². The summed E-state index contributed by atoms with van der Waals surface area (Å²) >= 11 is 1.07. The van der Waals surface area contributed by atoms with E-state index >= 15 is 0 Å². The molecule has 0 fully saturated rings. The molecule has 0 aliphatic carbocycles. The third kappa shape index (κ3) is 4.42. The van der Waals surface area contributed by atoms with E-state index in [-0.39, 0.29) is 24.6 Å². The highest BCUT2D eigenvalue weighted by Crippen LogP contribution is 2.27. The number of nitrogens with one attached hydrogen (secondary N) is 1. The summed E-state index contributed by atoms with van der Waals surface area (Å²) in [5.74, 6) is -0.814. The number of ether oxygens (including phenoxy) is 1. The Hall–Kier alpha value is -3.85. The van der Waals surface area contributed by atoms with Crippen molar-refractivity contribution >= 4 is 39.3 Å². The van der Waals surface area contributed by atoms with Crippen LogP contribution in [0, 0.1) is 6.92 Å². The molecule has 9 heteroatoms. The molecule has 0 unspecified atom stereocenters. The zero-order chi connectivity index (χ0) is 22.7. The predicted molar refractivity (Wildman–Crippen MR) is 123 cm³/mol. The van der Waals surface area contributed by atoms with Crippen LogP contribution >= 0.6 is 11.5 Å². The number of rotatable bonds is 6. The first-order valence-electron chi connectivity index (χ1n) is 9.95. The van der Waals surface area contributed by atoms with E-state index in [2.05, 4.69) is 14.7 Å². The van der Waals surface area contributed by atoms with Crippen LogP contribution < -0.4 is 10.9 Å². The number of esters is 1. The lowest BCUT2D eigenvalue weighted by Gasteiger charge is -2.08. The Morgan fingerprint density at radius 2 is 1.81 bits per heavy atom. The summed E-state index contributed by atoms with van der Waals surface area (Å²) in [6.45, 7) is 3.83. The lowest BCUT2D eigenvalue weighted by molar-refractivity contribution is -0.116. The number of hydrogen-bond acceptors (Lipinski definition) is 7. The van der Waals surface area contributed by atoms with Crippen molar-refractivity contribution in [3.05, 3.63) is 76.3 Å². The molecule has 162 valence electrons. The largest absolute Gasteiger partial charge is 0.462 e. The van der Waals surface area contributed by atoms with Crippen molar-refractivity contribution in [1.29, 1.82) is 0 Å². The molecule has 0 radical (unpaired) electrons. The van der Waals surface area contributed by atoms with Crippen molar-refractivity contribution in [2.24, 2.45) is 0 Å². The second kappa shape index (κ2) is 9.11. The van der Waals surface area contributed by atoms with Crippen molar-refractivity contribution in [3.8, 4) is 11.3 Å². The van der Waals surface area contributed by atoms with Crippen LogP contribution in [-0.2, 0) is 16.1 Å². The molecule has 1 N–H and O–H groups in total. The van der Waals surface area contributed by atoms with E-state index in [4.69, 9.17) is 4.74 Å². The van der Waals surface area contributed by atoms with Crippen molar-refractivity contribution in [2.45, 2.75) is 20.4 Å². The Kier molecular flexibility index (Phi) is 6.09. The zero-order valence-electron chi connectivity index (χ0n) is 17.5. The summed E-state index contributed by atoms with van der Waals surface area (Å²) in [6, 6.07) is 14.2. The predicted octanol–water partition coefficient (Wildman–Crippen LogP) is 3.64. The van der Waals surface area contributed by atoms with E-state index < -0.39 is 5.97 Å². The van der Waals surface area contributed by atoms with Gasteiger partial charge in [0.2, 0.25) is 5.91 Å². The van der Waals surface area contributed by atoms with Crippen LogP contribution in [0.5, 0.6) is 0 Å². The van der Waals surface area contributed by atoms with E-state index in [9.17, 15) is 14.4 Å². The van der Waals surface area contributed by atoms with Gasteiger partial charge in [0.15, 0.2) is 0 Å². The second-order valence-corrected chi connectivity index (χ2v) is 7.87. The monoisotopic (exact) mass is 448 g/mol. The number of aryl methyl sites for hydroxylation is 1. The van der Waals surface area contributed by atoms with Gasteiger partial charge in [-0.15, -0.1) is 0 Å². The van der Waals surface area contributed by atoms with Gasteiger partial charge in [-0.3, -0.25) is 14.2 Å². The first-order valence-corrected chi connectivity index (χ1v) is 10.7. The highest BCUT2D eigenvalue weighted by atomic mass is 32.1. The van der Waals surface area contributed by atoms with E-state index in [1.807, 2.05) is 31.2 Å². The minimum absolute atomic E-state index is 0.195. The number of aromatic nitrogens is 3. The highest BCUT2D eigenvalue weighted by Gasteiger charge is 2.16. The first kappa shape index (κ1) is 21.4. The summed E-state index contributed by atoms with van der Waals surface area (Å²) in [4.78, 5) is 41.4. The van der Waals surface area contributed by atoms with Crippen molar-refractivity contribution < 1.29 is 14.3 Å². The van der Waals surface area contributed by atoms with Crippen LogP contribution in [0.4, 0.5) is 5.69 Å². The maximum atomic E-state index is 12.9. The van der Waals surface area contributed by atoms with Crippen LogP contribution in [-0.4, -0.2) is 32.4 Å². The number of hydrogen-bond donors (Lipinski definition) is 1. The molecule has 4 rings (SSSR count). The van der Waals surface area contributed by atoms with Crippen molar-refractivity contribution in [1.82, 2.24) is 13.9 Å². The summed E-state index contributed by atoms with van der Waals surface area (Å²) in [5, 5.41) is 2.71. The van der Waals surface area contributed by atoms with Crippen LogP contribution in [0.25, 0.3) is 21.5 Å². The maximum absolute atomic E-state index is 12.9. The average molecular weight is 449 g/mol. The number of nitrogens with zero attached hydrogens (tertiary/aromatic N) is 3. The molecule has 0 bridgehead atoms. The second-order valence-electron chi connectivity index (χ2n) is 7.10. The SMILES string of the molecule is CCOC(=O)c1ccc(NC(=O)Cn2cnc3c(-c4ccc(C)cc4)nsc3c2=O)cc1. The van der Waals surface area contributed by atoms with Gasteiger partial charge in [-0.05, 0) is 49.6 Å². The van der Waals surface area contributed by atoms with Gasteiger partial charge < -0.3 is 10.1 Å². The van der Waals surface area contributed by atoms with Gasteiger partial charge in [0.1, 0.15) is 22.5 Å². The summed E-state index contributed by atoms with van der Waals surface area (Å²) < 4.78 is 11.0. The normalized spacial score (nSPS) is 10.8. The molecule has 0 atom stereocenters. The molecular formula is C23H20N4O4S. The average Bonchev–Trinajstić information content (AvgIpc) is 3.22. The molecule has 4 aromatic rings. The molecule has 0 aliphatic rings. The lowest BCUT2D eigenvalue weighted by atomic mass is 10.1. The fraction of sp³-hybridized carbons (Fsp3) is 0.174. The maximum Gasteiger partial charge on any atom is 0.338 e. The molecule has 2 heterocycles. The Balaban J connectivity index is 1.50. The molecule has 1 amide bonds.